The number of rotatable bonds is 7. The van der Waals surface area contributed by atoms with E-state index in [0.717, 1.165) is 30.6 Å². The molecule has 0 saturated heterocycles. The van der Waals surface area contributed by atoms with Gasteiger partial charge in [-0.25, -0.2) is 4.79 Å². The predicted octanol–water partition coefficient (Wildman–Crippen LogP) is 2.79. The van der Waals surface area contributed by atoms with Gasteiger partial charge >= 0.3 is 12.0 Å². The molecule has 6 nitrogen and oxygen atoms in total. The topological polar surface area (TPSA) is 84.5 Å². The summed E-state index contributed by atoms with van der Waals surface area (Å²) in [4.78, 5) is 35.9. The van der Waals surface area contributed by atoms with Gasteiger partial charge in [0.15, 0.2) is 6.61 Å². The zero-order valence-corrected chi connectivity index (χ0v) is 15.2. The molecular weight excluding hydrogens is 340 g/mol. The molecule has 1 aromatic rings. The number of imide groups is 1. The number of ether oxygens (including phenoxy) is 1. The molecule has 1 aliphatic rings. The second-order valence-corrected chi connectivity index (χ2v) is 7.24. The number of carbonyl (C=O) groups excluding carboxylic acids is 3. The van der Waals surface area contributed by atoms with Gasteiger partial charge in [0, 0.05) is 16.7 Å². The normalized spacial score (nSPS) is 14.1. The van der Waals surface area contributed by atoms with Gasteiger partial charge in [0.25, 0.3) is 5.91 Å². The lowest BCUT2D eigenvalue weighted by Gasteiger charge is -2.12. The van der Waals surface area contributed by atoms with Gasteiger partial charge < -0.3 is 10.1 Å². The third-order valence-corrected chi connectivity index (χ3v) is 4.92. The third-order valence-electron chi connectivity index (χ3n) is 3.90. The number of thioether (sulfide) groups is 1. The van der Waals surface area contributed by atoms with E-state index in [1.165, 1.54) is 5.56 Å². The highest BCUT2D eigenvalue weighted by Gasteiger charge is 2.18. The van der Waals surface area contributed by atoms with Crippen molar-refractivity contribution in [3.05, 3.63) is 29.8 Å². The quantitative estimate of drug-likeness (QED) is 0.574. The van der Waals surface area contributed by atoms with Gasteiger partial charge in [-0.1, -0.05) is 30.5 Å². The van der Waals surface area contributed by atoms with Gasteiger partial charge in [-0.2, -0.15) is 0 Å². The smallest absolute Gasteiger partial charge is 0.321 e. The Morgan fingerprint density at radius 3 is 2.52 bits per heavy atom. The first kappa shape index (κ1) is 19.3. The van der Waals surface area contributed by atoms with Crippen molar-refractivity contribution >= 4 is 29.7 Å². The molecule has 0 spiro atoms. The Kier molecular flexibility index (Phi) is 7.78. The molecule has 0 bridgehead atoms. The summed E-state index contributed by atoms with van der Waals surface area (Å²) >= 11 is 1.55. The molecule has 0 aromatic heterocycles. The SMILES string of the molecule is Cc1ccc(SCCC(=O)OCC(=O)NC(=O)NC2CCCC2)cc1. The summed E-state index contributed by atoms with van der Waals surface area (Å²) < 4.78 is 4.89. The highest BCUT2D eigenvalue weighted by molar-refractivity contribution is 7.99. The first-order valence-electron chi connectivity index (χ1n) is 8.48. The van der Waals surface area contributed by atoms with Crippen molar-refractivity contribution in [1.82, 2.24) is 10.6 Å². The van der Waals surface area contributed by atoms with Crippen LogP contribution in [0.2, 0.25) is 0 Å². The lowest BCUT2D eigenvalue weighted by Crippen LogP contribution is -2.45. The van der Waals surface area contributed by atoms with Crippen molar-refractivity contribution in [1.29, 1.82) is 0 Å². The fraction of sp³-hybridized carbons (Fsp3) is 0.500. The summed E-state index contributed by atoms with van der Waals surface area (Å²) in [5.41, 5.74) is 1.19. The number of benzene rings is 1. The maximum atomic E-state index is 11.6. The Balaban J connectivity index is 1.56. The Morgan fingerprint density at radius 1 is 1.16 bits per heavy atom. The number of hydrogen-bond acceptors (Lipinski definition) is 5. The molecule has 7 heteroatoms. The summed E-state index contributed by atoms with van der Waals surface area (Å²) in [6.45, 7) is 1.58. The van der Waals surface area contributed by atoms with E-state index in [-0.39, 0.29) is 12.5 Å². The van der Waals surface area contributed by atoms with Gasteiger partial charge in [-0.3, -0.25) is 14.9 Å². The number of aryl methyl sites for hydroxylation is 1. The van der Waals surface area contributed by atoms with Crippen LogP contribution in [0.4, 0.5) is 4.79 Å². The number of carbonyl (C=O) groups is 3. The Bertz CT molecular complexity index is 598. The van der Waals surface area contributed by atoms with Gasteiger partial charge in [-0.05, 0) is 31.9 Å². The van der Waals surface area contributed by atoms with Crippen molar-refractivity contribution in [2.45, 2.75) is 50.0 Å². The van der Waals surface area contributed by atoms with Crippen LogP contribution < -0.4 is 10.6 Å². The molecule has 2 N–H and O–H groups in total. The molecule has 1 aliphatic carbocycles. The van der Waals surface area contributed by atoms with E-state index in [0.29, 0.717) is 5.75 Å². The van der Waals surface area contributed by atoms with E-state index in [4.69, 9.17) is 4.74 Å². The first-order chi connectivity index (χ1) is 12.0. The van der Waals surface area contributed by atoms with E-state index in [2.05, 4.69) is 10.6 Å². The van der Waals surface area contributed by atoms with E-state index in [1.54, 1.807) is 11.8 Å². The molecule has 25 heavy (non-hydrogen) atoms. The summed E-state index contributed by atoms with van der Waals surface area (Å²) in [6.07, 6.45) is 4.28. The second-order valence-electron chi connectivity index (χ2n) is 6.08. The van der Waals surface area contributed by atoms with Crippen LogP contribution >= 0.6 is 11.8 Å². The summed E-state index contributed by atoms with van der Waals surface area (Å²) in [5.74, 6) is -0.493. The Morgan fingerprint density at radius 2 is 1.84 bits per heavy atom. The van der Waals surface area contributed by atoms with Gasteiger partial charge in [-0.15, -0.1) is 11.8 Å². The zero-order valence-electron chi connectivity index (χ0n) is 14.4. The molecule has 0 atom stereocenters. The molecule has 0 aliphatic heterocycles. The minimum atomic E-state index is -0.616. The summed E-state index contributed by atoms with van der Waals surface area (Å²) in [7, 11) is 0. The van der Waals surface area contributed by atoms with Crippen LogP contribution in [-0.2, 0) is 14.3 Å². The second kappa shape index (κ2) is 10.1. The zero-order chi connectivity index (χ0) is 18.1. The molecule has 3 amide bonds. The van der Waals surface area contributed by atoms with E-state index >= 15 is 0 Å². The van der Waals surface area contributed by atoms with E-state index in [9.17, 15) is 14.4 Å². The number of esters is 1. The van der Waals surface area contributed by atoms with Crippen LogP contribution in [0.15, 0.2) is 29.2 Å². The third kappa shape index (κ3) is 7.60. The molecule has 2 rings (SSSR count). The van der Waals surface area contributed by atoms with Crippen molar-refractivity contribution < 1.29 is 19.1 Å². The minimum absolute atomic E-state index is 0.133. The fourth-order valence-electron chi connectivity index (χ4n) is 2.56. The minimum Gasteiger partial charge on any atom is -0.456 e. The predicted molar refractivity (Wildman–Crippen MR) is 96.4 cm³/mol. The van der Waals surface area contributed by atoms with E-state index in [1.807, 2.05) is 31.2 Å². The molecule has 0 unspecified atom stereocenters. The number of urea groups is 1. The Labute approximate surface area is 152 Å². The standard InChI is InChI=1S/C18H24N2O4S/c1-13-6-8-15(9-7-13)25-11-10-17(22)24-12-16(21)20-18(23)19-14-4-2-3-5-14/h6-9,14H,2-5,10-12H2,1H3,(H2,19,20,21,23). The maximum Gasteiger partial charge on any atom is 0.321 e. The van der Waals surface area contributed by atoms with Gasteiger partial charge in [0.1, 0.15) is 0 Å². The number of hydrogen-bond donors (Lipinski definition) is 2. The van der Waals surface area contributed by atoms with Gasteiger partial charge in [0.2, 0.25) is 0 Å². The molecule has 1 saturated carbocycles. The van der Waals surface area contributed by atoms with Crippen LogP contribution in [0.25, 0.3) is 0 Å². The lowest BCUT2D eigenvalue weighted by molar-refractivity contribution is -0.147. The molecule has 1 aromatic carbocycles. The Hall–Kier alpha value is -2.02. The molecule has 0 heterocycles. The van der Waals surface area contributed by atoms with Crippen LogP contribution in [0.5, 0.6) is 0 Å². The molecular formula is C18H24N2O4S. The summed E-state index contributed by atoms with van der Waals surface area (Å²) in [5, 5.41) is 4.92. The van der Waals surface area contributed by atoms with Gasteiger partial charge in [0.05, 0.1) is 6.42 Å². The summed E-state index contributed by atoms with van der Waals surface area (Å²) in [6, 6.07) is 7.64. The maximum absolute atomic E-state index is 11.6. The fourth-order valence-corrected chi connectivity index (χ4v) is 3.39. The van der Waals surface area contributed by atoms with Crippen molar-refractivity contribution in [3.63, 3.8) is 0 Å². The highest BCUT2D eigenvalue weighted by atomic mass is 32.2. The van der Waals surface area contributed by atoms with E-state index < -0.39 is 24.5 Å². The monoisotopic (exact) mass is 364 g/mol. The molecule has 1 fully saturated rings. The van der Waals surface area contributed by atoms with Crippen molar-refractivity contribution in [3.8, 4) is 0 Å². The molecule has 136 valence electrons. The highest BCUT2D eigenvalue weighted by Crippen LogP contribution is 2.19. The average Bonchev–Trinajstić information content (AvgIpc) is 3.07. The average molecular weight is 364 g/mol. The van der Waals surface area contributed by atoms with Crippen LogP contribution in [0.1, 0.15) is 37.7 Å². The van der Waals surface area contributed by atoms with Crippen LogP contribution in [0.3, 0.4) is 0 Å². The molecule has 0 radical (unpaired) electrons. The lowest BCUT2D eigenvalue weighted by atomic mass is 10.2. The van der Waals surface area contributed by atoms with Crippen molar-refractivity contribution in [2.24, 2.45) is 0 Å². The number of amides is 3. The van der Waals surface area contributed by atoms with Crippen molar-refractivity contribution in [2.75, 3.05) is 12.4 Å². The number of nitrogens with one attached hydrogen (secondary N) is 2. The van der Waals surface area contributed by atoms with Crippen LogP contribution in [-0.4, -0.2) is 36.3 Å². The van der Waals surface area contributed by atoms with Crippen LogP contribution in [0, 0.1) is 6.92 Å². The first-order valence-corrected chi connectivity index (χ1v) is 9.47. The largest absolute Gasteiger partial charge is 0.456 e.